The molecule has 2 heterocycles. The fraction of sp³-hybridized carbons (Fsp3) is 0.532. The van der Waals surface area contributed by atoms with E-state index in [2.05, 4.69) is 31.6 Å². The molecule has 0 aliphatic carbocycles. The number of aliphatic imine (C=N–C) groups is 1. The van der Waals surface area contributed by atoms with E-state index in [4.69, 9.17) is 16.2 Å². The average molecular weight is 979 g/mol. The number of likely N-dealkylation sites (N-methyl/N-ethyl adjacent to an activating group) is 1. The van der Waals surface area contributed by atoms with Crippen LogP contribution in [0.15, 0.2) is 59.6 Å². The van der Waals surface area contributed by atoms with Gasteiger partial charge in [0.05, 0.1) is 6.42 Å². The van der Waals surface area contributed by atoms with Gasteiger partial charge in [0.2, 0.25) is 41.4 Å². The van der Waals surface area contributed by atoms with Gasteiger partial charge in [-0.2, -0.15) is 0 Å². The number of fused-ring (bicyclic) bond motifs is 2. The fourth-order valence-electron chi connectivity index (χ4n) is 8.10. The number of aromatic hydroxyl groups is 1. The summed E-state index contributed by atoms with van der Waals surface area (Å²) in [5, 5.41) is 43.8. The average Bonchev–Trinajstić information content (AvgIpc) is 3.30. The number of carboxylic acid groups (broad SMARTS) is 1. The predicted molar refractivity (Wildman–Crippen MR) is 252 cm³/mol. The number of rotatable bonds is 16. The predicted octanol–water partition coefficient (Wildman–Crippen LogP) is -1.33. The number of nitrogens with zero attached hydrogens (tertiary/aromatic N) is 3. The summed E-state index contributed by atoms with van der Waals surface area (Å²) in [6.45, 7) is 6.07. The minimum absolute atomic E-state index is 0.0142. The lowest BCUT2D eigenvalue weighted by Crippen LogP contribution is -2.65. The van der Waals surface area contributed by atoms with Crippen molar-refractivity contribution >= 4 is 59.2 Å². The standard InChI is InChI=1S/C47H66N10O13/c1-6-11-35(59)51-32(24-37(61)62)41(64)55-39-26(4)70-46(69)38(25(2)3)54-42(65)33(22-28-15-17-29(58)18-16-28)56(5)45(68)34(23-27-12-8-7-9-13-27)57-36(60)20-19-31(44(57)67)53-40(63)30(52-43(39)66)14-10-21-50-47(48)49/h7-9,12-13,15-18,25-26,30-34,36,38-39,58,60H,6,10-11,14,19-24H2,1-5H3,(H,51,59)(H,52,66)(H,53,63)(H,54,65)(H,55,64)(H,61,62)(H4,48,49,50). The molecule has 0 aromatic heterocycles. The van der Waals surface area contributed by atoms with Gasteiger partial charge >= 0.3 is 11.9 Å². The van der Waals surface area contributed by atoms with Crippen LogP contribution >= 0.6 is 0 Å². The molecule has 0 spiro atoms. The molecule has 2 aliphatic heterocycles. The Bertz CT molecular complexity index is 2220. The van der Waals surface area contributed by atoms with E-state index in [1.165, 1.54) is 38.2 Å². The summed E-state index contributed by atoms with van der Waals surface area (Å²) in [4.78, 5) is 132. The molecule has 4 rings (SSSR count). The van der Waals surface area contributed by atoms with Crippen LogP contribution in [-0.4, -0.2) is 153 Å². The number of hydrogen-bond donors (Lipinski definition) is 10. The zero-order valence-electron chi connectivity index (χ0n) is 40.0. The van der Waals surface area contributed by atoms with Gasteiger partial charge in [-0.3, -0.25) is 43.3 Å². The van der Waals surface area contributed by atoms with Crippen LogP contribution in [0.3, 0.4) is 0 Å². The topological polar surface area (TPSA) is 355 Å². The molecule has 23 nitrogen and oxygen atoms in total. The SMILES string of the molecule is CCCC(=O)NC(CC(=O)O)C(=O)NC1C(=O)NC(CCCN=C(N)N)C(=O)NC2CCC(O)N(C2=O)C(Cc2ccccc2)C(=O)N(C)C(Cc2ccc(O)cc2)C(=O)NC(C(C)C)C(=O)OC1C. The number of nitrogens with two attached hydrogens (primary N) is 2. The maximum Gasteiger partial charge on any atom is 0.329 e. The van der Waals surface area contributed by atoms with Gasteiger partial charge in [0.15, 0.2) is 5.96 Å². The number of carbonyl (C=O) groups excluding carboxylic acids is 8. The fourth-order valence-corrected chi connectivity index (χ4v) is 8.10. The maximum atomic E-state index is 15.0. The van der Waals surface area contributed by atoms with Gasteiger partial charge in [-0.15, -0.1) is 0 Å². The van der Waals surface area contributed by atoms with E-state index in [0.717, 1.165) is 9.80 Å². The molecule has 7 amide bonds. The number of guanidine groups is 1. The Morgan fingerprint density at radius 2 is 1.51 bits per heavy atom. The van der Waals surface area contributed by atoms with Crippen molar-refractivity contribution in [3.63, 3.8) is 0 Å². The van der Waals surface area contributed by atoms with E-state index in [1.54, 1.807) is 51.1 Å². The molecule has 9 unspecified atom stereocenters. The molecule has 2 bridgehead atoms. The van der Waals surface area contributed by atoms with Crippen LogP contribution < -0.4 is 38.1 Å². The normalized spacial score (nSPS) is 24.4. The van der Waals surface area contributed by atoms with Crippen molar-refractivity contribution in [2.75, 3.05) is 13.6 Å². The van der Waals surface area contributed by atoms with Crippen molar-refractivity contribution in [1.82, 2.24) is 36.4 Å². The van der Waals surface area contributed by atoms with Crippen LogP contribution in [0.5, 0.6) is 5.75 Å². The van der Waals surface area contributed by atoms with Gasteiger partial charge in [0.1, 0.15) is 60.4 Å². The van der Waals surface area contributed by atoms with E-state index in [9.17, 15) is 53.7 Å². The first-order valence-corrected chi connectivity index (χ1v) is 23.2. The number of benzene rings is 2. The van der Waals surface area contributed by atoms with Gasteiger partial charge in [-0.05, 0) is 68.2 Å². The van der Waals surface area contributed by atoms with Crippen LogP contribution in [0.25, 0.3) is 0 Å². The number of aliphatic hydroxyl groups is 1. The Labute approximate surface area is 405 Å². The number of carboxylic acids is 1. The summed E-state index contributed by atoms with van der Waals surface area (Å²) < 4.78 is 5.80. The molecule has 9 atom stereocenters. The second-order valence-corrected chi connectivity index (χ2v) is 17.7. The summed E-state index contributed by atoms with van der Waals surface area (Å²) in [5.74, 6) is -9.97. The molecule has 2 aromatic rings. The second-order valence-electron chi connectivity index (χ2n) is 17.7. The number of piperidine rings is 1. The number of carbonyl (C=O) groups is 9. The Morgan fingerprint density at radius 1 is 0.871 bits per heavy atom. The molecule has 2 saturated heterocycles. The number of nitrogens with one attached hydrogen (secondary N) is 5. The van der Waals surface area contributed by atoms with Crippen LogP contribution in [0.1, 0.15) is 83.8 Å². The number of hydrogen-bond acceptors (Lipinski definition) is 13. The van der Waals surface area contributed by atoms with Gasteiger partial charge in [0.25, 0.3) is 0 Å². The number of phenols is 1. The lowest BCUT2D eigenvalue weighted by molar-refractivity contribution is -0.165. The third kappa shape index (κ3) is 15.6. The molecule has 70 heavy (non-hydrogen) atoms. The third-order valence-corrected chi connectivity index (χ3v) is 11.9. The summed E-state index contributed by atoms with van der Waals surface area (Å²) in [6, 6.07) is 3.60. The first-order valence-electron chi connectivity index (χ1n) is 23.2. The van der Waals surface area contributed by atoms with E-state index in [0.29, 0.717) is 17.5 Å². The van der Waals surface area contributed by atoms with Crippen LogP contribution in [-0.2, 0) is 60.7 Å². The van der Waals surface area contributed by atoms with E-state index < -0.39 is 120 Å². The van der Waals surface area contributed by atoms with Crippen molar-refractivity contribution in [2.24, 2.45) is 22.4 Å². The lowest BCUT2D eigenvalue weighted by atomic mass is 9.95. The first kappa shape index (κ1) is 55.3. The Hall–Kier alpha value is -7.30. The highest BCUT2D eigenvalue weighted by molar-refractivity contribution is 5.99. The molecule has 2 aromatic carbocycles. The minimum atomic E-state index is -1.89. The molecular formula is C47H66N10O13. The number of aliphatic carboxylic acids is 1. The summed E-state index contributed by atoms with van der Waals surface area (Å²) >= 11 is 0. The van der Waals surface area contributed by atoms with Crippen molar-refractivity contribution in [1.29, 1.82) is 0 Å². The lowest BCUT2D eigenvalue weighted by Gasteiger charge is -2.43. The highest BCUT2D eigenvalue weighted by Crippen LogP contribution is 2.26. The van der Waals surface area contributed by atoms with Gasteiger partial charge in [-0.1, -0.05) is 63.2 Å². The Morgan fingerprint density at radius 3 is 2.13 bits per heavy atom. The molecule has 12 N–H and O–H groups in total. The Balaban J connectivity index is 1.89. The van der Waals surface area contributed by atoms with Gasteiger partial charge in [-0.25, -0.2) is 4.79 Å². The monoisotopic (exact) mass is 978 g/mol. The summed E-state index contributed by atoms with van der Waals surface area (Å²) in [6.07, 6.45) is -4.42. The Kier molecular flexibility index (Phi) is 20.5. The molecule has 2 aliphatic rings. The molecular weight excluding hydrogens is 913 g/mol. The number of ether oxygens (including phenoxy) is 1. The molecule has 382 valence electrons. The molecule has 0 radical (unpaired) electrons. The van der Waals surface area contributed by atoms with Crippen molar-refractivity contribution in [3.8, 4) is 5.75 Å². The highest BCUT2D eigenvalue weighted by Gasteiger charge is 2.46. The van der Waals surface area contributed by atoms with Gasteiger partial charge in [0, 0.05) is 32.9 Å². The number of cyclic esters (lactones) is 1. The molecule has 0 saturated carbocycles. The number of esters is 1. The second kappa shape index (κ2) is 25.9. The van der Waals surface area contributed by atoms with Crippen molar-refractivity contribution in [2.45, 2.75) is 140 Å². The van der Waals surface area contributed by atoms with Crippen LogP contribution in [0, 0.1) is 5.92 Å². The summed E-state index contributed by atoms with van der Waals surface area (Å²) in [5.41, 5.74) is 12.1. The van der Waals surface area contributed by atoms with Crippen LogP contribution in [0.2, 0.25) is 0 Å². The number of aliphatic hydroxyl groups excluding tert-OH is 1. The first-order chi connectivity index (χ1) is 33.1. The number of amides is 7. The summed E-state index contributed by atoms with van der Waals surface area (Å²) in [7, 11) is 1.33. The maximum absolute atomic E-state index is 15.0. The number of phenolic OH excluding ortho intramolecular Hbond substituents is 1. The van der Waals surface area contributed by atoms with Gasteiger partial charge < -0.3 is 67.9 Å². The molecule has 2 fully saturated rings. The zero-order chi connectivity index (χ0) is 51.8. The van der Waals surface area contributed by atoms with E-state index >= 15 is 4.79 Å². The molecule has 23 heteroatoms. The smallest absolute Gasteiger partial charge is 0.329 e. The van der Waals surface area contributed by atoms with E-state index in [1.807, 2.05) is 0 Å². The van der Waals surface area contributed by atoms with Crippen molar-refractivity contribution in [3.05, 3.63) is 65.7 Å². The third-order valence-electron chi connectivity index (χ3n) is 11.9. The van der Waals surface area contributed by atoms with E-state index in [-0.39, 0.29) is 63.2 Å². The van der Waals surface area contributed by atoms with Crippen LogP contribution in [0.4, 0.5) is 0 Å². The quantitative estimate of drug-likeness (QED) is 0.0403. The zero-order valence-corrected chi connectivity index (χ0v) is 40.0. The largest absolute Gasteiger partial charge is 0.508 e. The highest BCUT2D eigenvalue weighted by atomic mass is 16.5. The minimum Gasteiger partial charge on any atom is -0.508 e. The van der Waals surface area contributed by atoms with Crippen molar-refractivity contribution < 1.29 is 63.2 Å².